The van der Waals surface area contributed by atoms with Crippen molar-refractivity contribution in [1.29, 1.82) is 0 Å². The van der Waals surface area contributed by atoms with E-state index in [0.717, 1.165) is 23.2 Å². The number of rotatable bonds is 7. The molecule has 2 aromatic heterocycles. The van der Waals surface area contributed by atoms with Gasteiger partial charge in [0, 0.05) is 30.8 Å². The molecule has 7 heteroatoms. The summed E-state index contributed by atoms with van der Waals surface area (Å²) < 4.78 is 5.09. The average Bonchev–Trinajstić information content (AvgIpc) is 2.83. The zero-order valence-corrected chi connectivity index (χ0v) is 12.8. The number of nitrogens with one attached hydrogen (secondary N) is 2. The summed E-state index contributed by atoms with van der Waals surface area (Å²) in [6.45, 7) is 5.95. The van der Waals surface area contributed by atoms with Crippen molar-refractivity contribution >= 4 is 23.0 Å². The maximum Gasteiger partial charge on any atom is 0.158 e. The van der Waals surface area contributed by atoms with Crippen LogP contribution in [0.4, 0.5) is 11.6 Å². The highest BCUT2D eigenvalue weighted by Crippen LogP contribution is 2.15. The maximum absolute atomic E-state index is 5.09. The maximum atomic E-state index is 5.09. The van der Waals surface area contributed by atoms with Crippen LogP contribution >= 0.6 is 11.3 Å². The molecule has 6 nitrogen and oxygen atoms in total. The molecule has 0 saturated heterocycles. The summed E-state index contributed by atoms with van der Waals surface area (Å²) in [5.74, 6) is 2.23. The quantitative estimate of drug-likeness (QED) is 0.817. The first kappa shape index (κ1) is 14.7. The summed E-state index contributed by atoms with van der Waals surface area (Å²) >= 11 is 1.68. The van der Waals surface area contributed by atoms with Crippen LogP contribution in [0.2, 0.25) is 0 Å². The van der Waals surface area contributed by atoms with Gasteiger partial charge in [0.05, 0.1) is 6.54 Å². The molecule has 0 atom stereocenters. The predicted molar refractivity (Wildman–Crippen MR) is 81.1 cm³/mol. The lowest BCUT2D eigenvalue weighted by Gasteiger charge is -2.09. The van der Waals surface area contributed by atoms with Gasteiger partial charge in [-0.1, -0.05) is 0 Å². The van der Waals surface area contributed by atoms with E-state index >= 15 is 0 Å². The van der Waals surface area contributed by atoms with Crippen LogP contribution in [0.15, 0.2) is 12.3 Å². The van der Waals surface area contributed by atoms with Gasteiger partial charge in [-0.3, -0.25) is 0 Å². The Hall–Kier alpha value is -1.73. The van der Waals surface area contributed by atoms with E-state index < -0.39 is 0 Å². The van der Waals surface area contributed by atoms with Gasteiger partial charge in [0.25, 0.3) is 0 Å². The first-order chi connectivity index (χ1) is 9.71. The number of anilines is 2. The molecule has 0 spiro atoms. The molecule has 0 bridgehead atoms. The lowest BCUT2D eigenvalue weighted by molar-refractivity contribution is 0.178. The number of ether oxygens (including phenoxy) is 1. The second-order valence-electron chi connectivity index (χ2n) is 4.24. The largest absolute Gasteiger partial charge is 0.377 e. The Morgan fingerprint density at radius 3 is 2.60 bits per heavy atom. The minimum Gasteiger partial charge on any atom is -0.377 e. The summed E-state index contributed by atoms with van der Waals surface area (Å²) in [6.07, 6.45) is 1.88. The van der Waals surface area contributed by atoms with Crippen molar-refractivity contribution in [3.05, 3.63) is 28.0 Å². The van der Waals surface area contributed by atoms with E-state index in [1.807, 2.05) is 26.1 Å². The standard InChI is InChI=1S/C13H19N5OS/c1-4-14-10-5-11(18-12(17-10)8-19-3)15-7-13-16-6-9(2)20-13/h5-6H,4,7-8H2,1-3H3,(H2,14,15,17,18). The van der Waals surface area contributed by atoms with Crippen LogP contribution in [0, 0.1) is 6.92 Å². The van der Waals surface area contributed by atoms with Crippen LogP contribution in [0.3, 0.4) is 0 Å². The van der Waals surface area contributed by atoms with Gasteiger partial charge in [-0.05, 0) is 13.8 Å². The molecule has 0 aromatic carbocycles. The number of methoxy groups -OCH3 is 1. The first-order valence-electron chi connectivity index (χ1n) is 6.47. The van der Waals surface area contributed by atoms with Crippen molar-refractivity contribution in [3.63, 3.8) is 0 Å². The Morgan fingerprint density at radius 1 is 1.25 bits per heavy atom. The second kappa shape index (κ2) is 7.16. The number of hydrogen-bond donors (Lipinski definition) is 2. The molecule has 0 aliphatic heterocycles. The highest BCUT2D eigenvalue weighted by Gasteiger charge is 2.05. The molecule has 2 rings (SSSR count). The molecule has 2 heterocycles. The minimum absolute atomic E-state index is 0.393. The fourth-order valence-corrected chi connectivity index (χ4v) is 2.43. The molecular formula is C13H19N5OS. The Balaban J connectivity index is 2.08. The summed E-state index contributed by atoms with van der Waals surface area (Å²) in [7, 11) is 1.63. The summed E-state index contributed by atoms with van der Waals surface area (Å²) in [4.78, 5) is 14.3. The van der Waals surface area contributed by atoms with Crippen LogP contribution in [-0.2, 0) is 17.9 Å². The van der Waals surface area contributed by atoms with Crippen molar-refractivity contribution in [2.24, 2.45) is 0 Å². The number of hydrogen-bond acceptors (Lipinski definition) is 7. The van der Waals surface area contributed by atoms with E-state index in [1.165, 1.54) is 4.88 Å². The van der Waals surface area contributed by atoms with Gasteiger partial charge in [-0.15, -0.1) is 11.3 Å². The van der Waals surface area contributed by atoms with Gasteiger partial charge >= 0.3 is 0 Å². The highest BCUT2D eigenvalue weighted by molar-refractivity contribution is 7.11. The molecular weight excluding hydrogens is 274 g/mol. The van der Waals surface area contributed by atoms with Crippen molar-refractivity contribution in [1.82, 2.24) is 15.0 Å². The zero-order valence-electron chi connectivity index (χ0n) is 11.9. The predicted octanol–water partition coefficient (Wildman–Crippen LogP) is 2.43. The van der Waals surface area contributed by atoms with E-state index in [4.69, 9.17) is 4.74 Å². The highest BCUT2D eigenvalue weighted by atomic mass is 32.1. The van der Waals surface area contributed by atoms with Crippen LogP contribution in [0.25, 0.3) is 0 Å². The number of aromatic nitrogens is 3. The van der Waals surface area contributed by atoms with Crippen molar-refractivity contribution in [2.75, 3.05) is 24.3 Å². The molecule has 0 unspecified atom stereocenters. The van der Waals surface area contributed by atoms with E-state index in [1.54, 1.807) is 18.4 Å². The van der Waals surface area contributed by atoms with Gasteiger partial charge in [-0.2, -0.15) is 0 Å². The molecule has 0 aliphatic rings. The lowest BCUT2D eigenvalue weighted by atomic mass is 10.4. The molecule has 2 aromatic rings. The zero-order chi connectivity index (χ0) is 14.4. The van der Waals surface area contributed by atoms with E-state index in [2.05, 4.69) is 25.6 Å². The Bertz CT molecular complexity index is 533. The lowest BCUT2D eigenvalue weighted by Crippen LogP contribution is -2.08. The summed E-state index contributed by atoms with van der Waals surface area (Å²) in [5.41, 5.74) is 0. The minimum atomic E-state index is 0.393. The van der Waals surface area contributed by atoms with E-state index in [0.29, 0.717) is 19.0 Å². The Morgan fingerprint density at radius 2 is 2.00 bits per heavy atom. The topological polar surface area (TPSA) is 72.0 Å². The van der Waals surface area contributed by atoms with Gasteiger partial charge in [0.2, 0.25) is 0 Å². The molecule has 0 fully saturated rings. The smallest absolute Gasteiger partial charge is 0.158 e. The van der Waals surface area contributed by atoms with Crippen LogP contribution in [-0.4, -0.2) is 28.6 Å². The van der Waals surface area contributed by atoms with Crippen molar-refractivity contribution < 1.29 is 4.74 Å². The first-order valence-corrected chi connectivity index (χ1v) is 7.29. The van der Waals surface area contributed by atoms with Gasteiger partial charge in [-0.25, -0.2) is 15.0 Å². The number of thiazole rings is 1. The monoisotopic (exact) mass is 293 g/mol. The van der Waals surface area contributed by atoms with Crippen LogP contribution in [0.5, 0.6) is 0 Å². The number of nitrogens with zero attached hydrogens (tertiary/aromatic N) is 3. The molecule has 108 valence electrons. The summed E-state index contributed by atoms with van der Waals surface area (Å²) in [6, 6.07) is 1.89. The third kappa shape index (κ3) is 4.14. The normalized spacial score (nSPS) is 10.6. The average molecular weight is 293 g/mol. The molecule has 0 saturated carbocycles. The molecule has 0 radical (unpaired) electrons. The van der Waals surface area contributed by atoms with Gasteiger partial charge in [0.15, 0.2) is 5.82 Å². The van der Waals surface area contributed by atoms with Gasteiger partial charge in [0.1, 0.15) is 23.3 Å². The molecule has 20 heavy (non-hydrogen) atoms. The third-order valence-electron chi connectivity index (χ3n) is 2.49. The van der Waals surface area contributed by atoms with Crippen molar-refractivity contribution in [3.8, 4) is 0 Å². The third-order valence-corrected chi connectivity index (χ3v) is 3.41. The van der Waals surface area contributed by atoms with Gasteiger partial charge < -0.3 is 15.4 Å². The molecule has 0 amide bonds. The summed E-state index contributed by atoms with van der Waals surface area (Å²) in [5, 5.41) is 7.50. The fourth-order valence-electron chi connectivity index (χ4n) is 1.70. The number of aryl methyl sites for hydroxylation is 1. The SMILES string of the molecule is CCNc1cc(NCc2ncc(C)s2)nc(COC)n1. The molecule has 0 aliphatic carbocycles. The Labute approximate surface area is 122 Å². The van der Waals surface area contributed by atoms with E-state index in [-0.39, 0.29) is 0 Å². The Kier molecular flexibility index (Phi) is 5.25. The fraction of sp³-hybridized carbons (Fsp3) is 0.462. The van der Waals surface area contributed by atoms with Crippen molar-refractivity contribution in [2.45, 2.75) is 27.0 Å². The van der Waals surface area contributed by atoms with Crippen LogP contribution in [0.1, 0.15) is 22.6 Å². The molecule has 2 N–H and O–H groups in total. The van der Waals surface area contributed by atoms with E-state index in [9.17, 15) is 0 Å². The van der Waals surface area contributed by atoms with Crippen LogP contribution < -0.4 is 10.6 Å². The second-order valence-corrected chi connectivity index (χ2v) is 5.56.